The van der Waals surface area contributed by atoms with Gasteiger partial charge in [-0.2, -0.15) is 4.74 Å². The minimum absolute atomic E-state index is 0.196. The lowest BCUT2D eigenvalue weighted by atomic mass is 9.98. The van der Waals surface area contributed by atoms with Gasteiger partial charge in [-0.15, -0.1) is 0 Å². The van der Waals surface area contributed by atoms with Crippen molar-refractivity contribution in [3.63, 3.8) is 0 Å². The van der Waals surface area contributed by atoms with E-state index in [9.17, 15) is 10.0 Å². The molecule has 3 nitrogen and oxygen atoms in total. The van der Waals surface area contributed by atoms with Gasteiger partial charge < -0.3 is 5.21 Å². The van der Waals surface area contributed by atoms with Crippen molar-refractivity contribution in [2.75, 3.05) is 0 Å². The molecule has 3 aromatic carbocycles. The summed E-state index contributed by atoms with van der Waals surface area (Å²) in [6.45, 7) is 1.86. The lowest BCUT2D eigenvalue weighted by Crippen LogP contribution is -2.16. The fraction of sp³-hybridized carbons (Fsp3) is 0.0526. The third-order valence-electron chi connectivity index (χ3n) is 4.14. The van der Waals surface area contributed by atoms with Gasteiger partial charge in [-0.3, -0.25) is 4.79 Å². The fourth-order valence-corrected chi connectivity index (χ4v) is 3.03. The second-order valence-corrected chi connectivity index (χ2v) is 5.50. The Morgan fingerprint density at radius 3 is 2.45 bits per heavy atom. The van der Waals surface area contributed by atoms with E-state index in [1.54, 1.807) is 12.1 Å². The Morgan fingerprint density at radius 1 is 0.909 bits per heavy atom. The monoisotopic (exact) mass is 287 g/mol. The van der Waals surface area contributed by atoms with E-state index in [4.69, 9.17) is 0 Å². The highest BCUT2D eigenvalue weighted by Gasteiger charge is 2.37. The molecule has 0 N–H and O–H groups in total. The Balaban J connectivity index is 1.94. The molecule has 3 heteroatoms. The van der Waals surface area contributed by atoms with Crippen LogP contribution in [0.1, 0.15) is 21.5 Å². The summed E-state index contributed by atoms with van der Waals surface area (Å²) in [5.41, 5.74) is 2.65. The average molecular weight is 287 g/mol. The van der Waals surface area contributed by atoms with Crippen molar-refractivity contribution in [2.45, 2.75) is 6.92 Å². The van der Waals surface area contributed by atoms with Gasteiger partial charge in [0, 0.05) is 6.07 Å². The van der Waals surface area contributed by atoms with Crippen molar-refractivity contribution in [2.24, 2.45) is 0 Å². The topological polar surface area (TPSA) is 43.1 Å². The predicted octanol–water partition coefficient (Wildman–Crippen LogP) is 3.98. The van der Waals surface area contributed by atoms with Crippen molar-refractivity contribution in [3.05, 3.63) is 82.6 Å². The van der Waals surface area contributed by atoms with E-state index >= 15 is 0 Å². The number of hydrogen-bond donors (Lipinski definition) is 0. The van der Waals surface area contributed by atoms with E-state index in [2.05, 4.69) is 0 Å². The highest BCUT2D eigenvalue weighted by Crippen LogP contribution is 2.31. The van der Waals surface area contributed by atoms with E-state index in [1.165, 1.54) is 0 Å². The number of carbonyl (C=O) groups is 1. The van der Waals surface area contributed by atoms with Gasteiger partial charge in [0.15, 0.2) is 0 Å². The first-order valence-electron chi connectivity index (χ1n) is 7.14. The van der Waals surface area contributed by atoms with Crippen molar-refractivity contribution >= 4 is 28.0 Å². The van der Waals surface area contributed by atoms with E-state index < -0.39 is 0 Å². The Kier molecular flexibility index (Phi) is 2.63. The largest absolute Gasteiger partial charge is 0.618 e. The van der Waals surface area contributed by atoms with E-state index in [0.29, 0.717) is 16.8 Å². The minimum Gasteiger partial charge on any atom is -0.618 e. The molecular formula is C19H13NO2. The molecule has 0 saturated heterocycles. The zero-order valence-corrected chi connectivity index (χ0v) is 12.0. The number of hydrogen-bond acceptors (Lipinski definition) is 2. The molecule has 1 aliphatic heterocycles. The molecule has 0 aliphatic carbocycles. The number of ketones is 1. The molecule has 3 aromatic rings. The van der Waals surface area contributed by atoms with Gasteiger partial charge in [0.1, 0.15) is 5.56 Å². The normalized spacial score (nSPS) is 13.8. The second-order valence-electron chi connectivity index (χ2n) is 5.50. The van der Waals surface area contributed by atoms with Crippen LogP contribution in [0, 0.1) is 12.1 Å². The SMILES string of the molecule is Cc1cccc2c1C(=O)C(c1ccc3ccccc3c1)=[N+]2[O-]. The van der Waals surface area contributed by atoms with Crippen LogP contribution in [0.5, 0.6) is 0 Å². The number of rotatable bonds is 1. The third-order valence-corrected chi connectivity index (χ3v) is 4.14. The first-order chi connectivity index (χ1) is 10.7. The Bertz CT molecular complexity index is 970. The lowest BCUT2D eigenvalue weighted by molar-refractivity contribution is -0.355. The first-order valence-corrected chi connectivity index (χ1v) is 7.14. The first kappa shape index (κ1) is 12.8. The molecule has 0 bridgehead atoms. The van der Waals surface area contributed by atoms with Crippen LogP contribution in [-0.2, 0) is 0 Å². The summed E-state index contributed by atoms with van der Waals surface area (Å²) in [6.07, 6.45) is 0. The van der Waals surface area contributed by atoms with Gasteiger partial charge in [0.25, 0.3) is 11.5 Å². The van der Waals surface area contributed by atoms with Crippen molar-refractivity contribution in [1.82, 2.24) is 0 Å². The fourth-order valence-electron chi connectivity index (χ4n) is 3.03. The molecule has 0 spiro atoms. The summed E-state index contributed by atoms with van der Waals surface area (Å²) in [5.74, 6) is -0.196. The Hall–Kier alpha value is -2.94. The summed E-state index contributed by atoms with van der Waals surface area (Å²) < 4.78 is 0.759. The summed E-state index contributed by atoms with van der Waals surface area (Å²) in [7, 11) is 0. The maximum atomic E-state index is 12.7. The van der Waals surface area contributed by atoms with Crippen molar-refractivity contribution < 1.29 is 9.53 Å². The van der Waals surface area contributed by atoms with Crippen LogP contribution in [0.25, 0.3) is 10.8 Å². The van der Waals surface area contributed by atoms with Crippen LogP contribution in [-0.4, -0.2) is 16.2 Å². The summed E-state index contributed by atoms with van der Waals surface area (Å²) >= 11 is 0. The molecule has 0 saturated carbocycles. The molecular weight excluding hydrogens is 274 g/mol. The van der Waals surface area contributed by atoms with Crippen LogP contribution in [0.15, 0.2) is 60.7 Å². The third kappa shape index (κ3) is 1.69. The van der Waals surface area contributed by atoms with E-state index in [-0.39, 0.29) is 11.5 Å². The number of benzene rings is 3. The van der Waals surface area contributed by atoms with Gasteiger partial charge >= 0.3 is 0 Å². The summed E-state index contributed by atoms with van der Waals surface area (Å²) in [4.78, 5) is 12.7. The number of aryl methyl sites for hydroxylation is 1. The smallest absolute Gasteiger partial charge is 0.272 e. The van der Waals surface area contributed by atoms with Gasteiger partial charge in [0.2, 0.25) is 5.69 Å². The average Bonchev–Trinajstić information content (AvgIpc) is 2.79. The van der Waals surface area contributed by atoms with Crippen LogP contribution in [0.2, 0.25) is 0 Å². The molecule has 4 rings (SSSR count). The zero-order valence-electron chi connectivity index (χ0n) is 12.0. The lowest BCUT2D eigenvalue weighted by Gasteiger charge is -2.03. The maximum absolute atomic E-state index is 12.7. The molecule has 0 amide bonds. The van der Waals surface area contributed by atoms with Crippen LogP contribution in [0.4, 0.5) is 5.69 Å². The highest BCUT2D eigenvalue weighted by molar-refractivity contribution is 6.52. The van der Waals surface area contributed by atoms with E-state index in [0.717, 1.165) is 21.1 Å². The molecule has 1 heterocycles. The predicted molar refractivity (Wildman–Crippen MR) is 86.9 cm³/mol. The molecule has 0 radical (unpaired) electrons. The van der Waals surface area contributed by atoms with Crippen LogP contribution < -0.4 is 0 Å². The highest BCUT2D eigenvalue weighted by atomic mass is 16.5. The molecule has 0 aromatic heterocycles. The van der Waals surface area contributed by atoms with Gasteiger partial charge in [-0.1, -0.05) is 42.5 Å². The molecule has 0 fully saturated rings. The number of fused-ring (bicyclic) bond motifs is 2. The van der Waals surface area contributed by atoms with Crippen molar-refractivity contribution in [3.8, 4) is 0 Å². The maximum Gasteiger partial charge on any atom is 0.272 e. The van der Waals surface area contributed by atoms with Gasteiger partial charge in [0.05, 0.1) is 5.56 Å². The zero-order chi connectivity index (χ0) is 15.3. The number of nitrogens with zero attached hydrogens (tertiary/aromatic N) is 1. The van der Waals surface area contributed by atoms with Crippen LogP contribution >= 0.6 is 0 Å². The minimum atomic E-state index is -0.196. The molecule has 106 valence electrons. The Labute approximate surface area is 127 Å². The van der Waals surface area contributed by atoms with E-state index in [1.807, 2.05) is 55.5 Å². The Morgan fingerprint density at radius 2 is 1.68 bits per heavy atom. The number of carbonyl (C=O) groups excluding carboxylic acids is 1. The van der Waals surface area contributed by atoms with Crippen LogP contribution in [0.3, 0.4) is 0 Å². The molecule has 0 unspecified atom stereocenters. The molecule has 0 atom stereocenters. The quantitative estimate of drug-likeness (QED) is 0.502. The summed E-state index contributed by atoms with van der Waals surface area (Å²) in [6, 6.07) is 18.9. The molecule has 22 heavy (non-hydrogen) atoms. The summed E-state index contributed by atoms with van der Waals surface area (Å²) in [5, 5.41) is 14.7. The second kappa shape index (κ2) is 4.53. The molecule has 1 aliphatic rings. The van der Waals surface area contributed by atoms with Gasteiger partial charge in [-0.25, -0.2) is 0 Å². The van der Waals surface area contributed by atoms with Gasteiger partial charge in [-0.05, 0) is 35.4 Å². The number of Topliss-reactive ketones (excluding diaryl/α,β-unsaturated/α-hetero) is 1. The van der Waals surface area contributed by atoms with Crippen molar-refractivity contribution in [1.29, 1.82) is 0 Å². The standard InChI is InChI=1S/C19H13NO2/c1-12-5-4-8-16-17(12)19(21)18(20(16)22)15-10-9-13-6-2-3-7-14(13)11-15/h2-11H,1H3.